The number of carbonyl (C=O) groups is 2. The minimum atomic E-state index is -0.893. The van der Waals surface area contributed by atoms with Gasteiger partial charge in [-0.25, -0.2) is 0 Å². The predicted molar refractivity (Wildman–Crippen MR) is 70.6 cm³/mol. The Labute approximate surface area is 107 Å². The third-order valence-electron chi connectivity index (χ3n) is 2.92. The van der Waals surface area contributed by atoms with Crippen LogP contribution in [0.1, 0.15) is 26.3 Å². The number of aliphatic carboxylic acids is 1. The number of anilines is 1. The first-order valence-electron chi connectivity index (χ1n) is 6.06. The number of carbonyl (C=O) groups excluding carboxylic acids is 1. The summed E-state index contributed by atoms with van der Waals surface area (Å²) in [5.74, 6) is -1.61. The fourth-order valence-electron chi connectivity index (χ4n) is 1.82. The molecule has 1 unspecified atom stereocenters. The fraction of sp³-hybridized carbons (Fsp3) is 0.429. The largest absolute Gasteiger partial charge is 0.481 e. The molecule has 98 valence electrons. The van der Waals surface area contributed by atoms with E-state index < -0.39 is 11.9 Å². The molecule has 4 heteroatoms. The molecule has 0 aliphatic heterocycles. The quantitative estimate of drug-likeness (QED) is 0.871. The zero-order chi connectivity index (χ0) is 13.7. The molecule has 0 saturated heterocycles. The van der Waals surface area contributed by atoms with Gasteiger partial charge in [-0.05, 0) is 18.1 Å². The van der Waals surface area contributed by atoms with Crippen molar-refractivity contribution in [2.24, 2.45) is 5.92 Å². The number of nitrogens with zero attached hydrogens (tertiary/aromatic N) is 1. The van der Waals surface area contributed by atoms with Gasteiger partial charge in [0.15, 0.2) is 0 Å². The van der Waals surface area contributed by atoms with Gasteiger partial charge in [-0.15, -0.1) is 0 Å². The molecule has 1 atom stereocenters. The van der Waals surface area contributed by atoms with Crippen molar-refractivity contribution in [3.8, 4) is 0 Å². The summed E-state index contributed by atoms with van der Waals surface area (Å²) in [6.07, 6.45) is 0.807. The summed E-state index contributed by atoms with van der Waals surface area (Å²) in [5.41, 5.74) is 1.85. The van der Waals surface area contributed by atoms with Crippen LogP contribution in [-0.4, -0.2) is 23.5 Å². The lowest BCUT2D eigenvalue weighted by molar-refractivity contribution is -0.140. The van der Waals surface area contributed by atoms with E-state index in [1.807, 2.05) is 31.2 Å². The molecule has 0 aromatic heterocycles. The molecule has 1 N–H and O–H groups in total. The second kappa shape index (κ2) is 6.19. The topological polar surface area (TPSA) is 57.6 Å². The van der Waals surface area contributed by atoms with Crippen molar-refractivity contribution in [2.45, 2.75) is 27.2 Å². The van der Waals surface area contributed by atoms with Gasteiger partial charge in [-0.1, -0.05) is 32.0 Å². The molecule has 4 nitrogen and oxygen atoms in total. The van der Waals surface area contributed by atoms with Crippen LogP contribution in [0.4, 0.5) is 5.69 Å². The number of aryl methyl sites for hydroxylation is 1. The highest BCUT2D eigenvalue weighted by Gasteiger charge is 2.20. The summed E-state index contributed by atoms with van der Waals surface area (Å²) >= 11 is 0. The summed E-state index contributed by atoms with van der Waals surface area (Å²) < 4.78 is 0. The Balaban J connectivity index is 3.05. The maximum absolute atomic E-state index is 11.7. The van der Waals surface area contributed by atoms with Crippen LogP contribution >= 0.6 is 0 Å². The Bertz CT molecular complexity index is 442. The number of hydrogen-bond acceptors (Lipinski definition) is 2. The number of hydrogen-bond donors (Lipinski definition) is 1. The number of rotatable bonds is 5. The Hall–Kier alpha value is -1.84. The maximum atomic E-state index is 11.7. The Morgan fingerprint density at radius 1 is 1.33 bits per heavy atom. The lowest BCUT2D eigenvalue weighted by Crippen LogP contribution is -2.36. The summed E-state index contributed by atoms with van der Waals surface area (Å²) in [7, 11) is 0. The maximum Gasteiger partial charge on any atom is 0.308 e. The summed E-state index contributed by atoms with van der Waals surface area (Å²) in [6, 6.07) is 7.59. The SMILES string of the molecule is CCc1ccccc1N(CC(C)C(=O)O)C(C)=O. The first kappa shape index (κ1) is 14.2. The summed E-state index contributed by atoms with van der Waals surface area (Å²) in [4.78, 5) is 24.1. The number of benzene rings is 1. The van der Waals surface area contributed by atoms with Crippen molar-refractivity contribution in [2.75, 3.05) is 11.4 Å². The molecule has 18 heavy (non-hydrogen) atoms. The van der Waals surface area contributed by atoms with Crippen LogP contribution in [0.2, 0.25) is 0 Å². The Morgan fingerprint density at radius 2 is 1.94 bits per heavy atom. The minimum Gasteiger partial charge on any atom is -0.481 e. The molecule has 1 amide bonds. The highest BCUT2D eigenvalue weighted by molar-refractivity contribution is 5.93. The Morgan fingerprint density at radius 3 is 2.44 bits per heavy atom. The first-order valence-corrected chi connectivity index (χ1v) is 6.06. The monoisotopic (exact) mass is 249 g/mol. The molecule has 0 fully saturated rings. The molecule has 0 aliphatic rings. The smallest absolute Gasteiger partial charge is 0.308 e. The average molecular weight is 249 g/mol. The second-order valence-electron chi connectivity index (χ2n) is 4.35. The second-order valence-corrected chi connectivity index (χ2v) is 4.35. The number of carboxylic acid groups (broad SMARTS) is 1. The number of carboxylic acids is 1. The van der Waals surface area contributed by atoms with E-state index in [0.717, 1.165) is 17.7 Å². The standard InChI is InChI=1S/C14H19NO3/c1-4-12-7-5-6-8-13(12)15(11(3)16)9-10(2)14(17)18/h5-8,10H,4,9H2,1-3H3,(H,17,18). The molecule has 1 aromatic carbocycles. The van der Waals surface area contributed by atoms with E-state index in [4.69, 9.17) is 5.11 Å². The van der Waals surface area contributed by atoms with Gasteiger partial charge in [0.2, 0.25) is 5.91 Å². The van der Waals surface area contributed by atoms with Crippen molar-refractivity contribution >= 4 is 17.6 Å². The molecule has 0 saturated carbocycles. The third kappa shape index (κ3) is 3.32. The van der Waals surface area contributed by atoms with Gasteiger partial charge >= 0.3 is 5.97 Å². The van der Waals surface area contributed by atoms with Gasteiger partial charge in [-0.3, -0.25) is 9.59 Å². The van der Waals surface area contributed by atoms with Crippen molar-refractivity contribution in [3.63, 3.8) is 0 Å². The van der Waals surface area contributed by atoms with Crippen LogP contribution in [0.3, 0.4) is 0 Å². The fourth-order valence-corrected chi connectivity index (χ4v) is 1.82. The van der Waals surface area contributed by atoms with E-state index >= 15 is 0 Å². The normalized spacial score (nSPS) is 11.9. The van der Waals surface area contributed by atoms with Crippen molar-refractivity contribution < 1.29 is 14.7 Å². The molecular weight excluding hydrogens is 230 g/mol. The number of amides is 1. The van der Waals surface area contributed by atoms with Gasteiger partial charge in [0.05, 0.1) is 5.92 Å². The van der Waals surface area contributed by atoms with E-state index in [9.17, 15) is 9.59 Å². The van der Waals surface area contributed by atoms with Crippen LogP contribution < -0.4 is 4.90 Å². The van der Waals surface area contributed by atoms with E-state index in [1.54, 1.807) is 6.92 Å². The van der Waals surface area contributed by atoms with Crippen molar-refractivity contribution in [3.05, 3.63) is 29.8 Å². The zero-order valence-corrected chi connectivity index (χ0v) is 11.0. The molecule has 0 heterocycles. The highest BCUT2D eigenvalue weighted by atomic mass is 16.4. The van der Waals surface area contributed by atoms with Crippen molar-refractivity contribution in [1.82, 2.24) is 0 Å². The minimum absolute atomic E-state index is 0.135. The predicted octanol–water partition coefficient (Wildman–Crippen LogP) is 2.32. The van der Waals surface area contributed by atoms with Crippen LogP contribution in [0.25, 0.3) is 0 Å². The Kier molecular flexibility index (Phi) is 4.89. The summed E-state index contributed by atoms with van der Waals surface area (Å²) in [6.45, 7) is 5.27. The van der Waals surface area contributed by atoms with E-state index in [1.165, 1.54) is 11.8 Å². The highest BCUT2D eigenvalue weighted by Crippen LogP contribution is 2.22. The molecular formula is C14H19NO3. The average Bonchev–Trinajstić information content (AvgIpc) is 2.35. The van der Waals surface area contributed by atoms with Gasteiger partial charge < -0.3 is 10.0 Å². The lowest BCUT2D eigenvalue weighted by atomic mass is 10.1. The molecule has 0 aliphatic carbocycles. The lowest BCUT2D eigenvalue weighted by Gasteiger charge is -2.25. The van der Waals surface area contributed by atoms with Gasteiger partial charge in [0.25, 0.3) is 0 Å². The number of para-hydroxylation sites is 1. The molecule has 0 radical (unpaired) electrons. The van der Waals surface area contributed by atoms with Crippen LogP contribution in [-0.2, 0) is 16.0 Å². The van der Waals surface area contributed by atoms with E-state index in [2.05, 4.69) is 0 Å². The van der Waals surface area contributed by atoms with Crippen LogP contribution in [0.5, 0.6) is 0 Å². The summed E-state index contributed by atoms with van der Waals surface area (Å²) in [5, 5.41) is 8.95. The van der Waals surface area contributed by atoms with Crippen LogP contribution in [0.15, 0.2) is 24.3 Å². The zero-order valence-electron chi connectivity index (χ0n) is 11.0. The molecule has 1 aromatic rings. The van der Waals surface area contributed by atoms with Crippen molar-refractivity contribution in [1.29, 1.82) is 0 Å². The van der Waals surface area contributed by atoms with Gasteiger partial charge in [0.1, 0.15) is 0 Å². The molecule has 0 bridgehead atoms. The molecule has 1 rings (SSSR count). The van der Waals surface area contributed by atoms with Gasteiger partial charge in [0, 0.05) is 19.2 Å². The first-order chi connectivity index (χ1) is 8.47. The van der Waals surface area contributed by atoms with Gasteiger partial charge in [-0.2, -0.15) is 0 Å². The van der Waals surface area contributed by atoms with E-state index in [-0.39, 0.29) is 12.5 Å². The van der Waals surface area contributed by atoms with Crippen LogP contribution in [0, 0.1) is 5.92 Å². The van der Waals surface area contributed by atoms with E-state index in [0.29, 0.717) is 0 Å². The molecule has 0 spiro atoms. The third-order valence-corrected chi connectivity index (χ3v) is 2.92.